The molecule has 0 saturated carbocycles. The number of nitro groups is 1. The molecule has 0 aliphatic rings. The molecule has 0 spiro atoms. The van der Waals surface area contributed by atoms with Crippen LogP contribution in [-0.4, -0.2) is 18.3 Å². The third-order valence-electron chi connectivity index (χ3n) is 3.83. The number of hydrogen-bond acceptors (Lipinski definition) is 5. The summed E-state index contributed by atoms with van der Waals surface area (Å²) >= 11 is 0. The van der Waals surface area contributed by atoms with E-state index in [1.807, 2.05) is 0 Å². The monoisotopic (exact) mass is 393 g/mol. The van der Waals surface area contributed by atoms with Crippen molar-refractivity contribution in [1.29, 1.82) is 0 Å². The lowest BCUT2D eigenvalue weighted by Gasteiger charge is -2.13. The minimum atomic E-state index is -4.42. The number of pyridine rings is 1. The second kappa shape index (κ2) is 6.54. The van der Waals surface area contributed by atoms with Gasteiger partial charge in [0.05, 0.1) is 16.1 Å². The van der Waals surface area contributed by atoms with Gasteiger partial charge in [-0.3, -0.25) is 19.8 Å². The van der Waals surface area contributed by atoms with Crippen molar-refractivity contribution in [3.63, 3.8) is 0 Å². The number of sulfonamides is 1. The van der Waals surface area contributed by atoms with Crippen LogP contribution in [-0.2, 0) is 15.9 Å². The molecule has 1 aromatic heterocycles. The average molecular weight is 393 g/mol. The van der Waals surface area contributed by atoms with Crippen molar-refractivity contribution in [3.8, 4) is 0 Å². The van der Waals surface area contributed by atoms with Crippen molar-refractivity contribution in [2.75, 3.05) is 4.72 Å². The van der Waals surface area contributed by atoms with Gasteiger partial charge in [-0.15, -0.1) is 0 Å². The van der Waals surface area contributed by atoms with Crippen LogP contribution in [0, 0.1) is 10.1 Å². The molecule has 0 radical (unpaired) electrons. The molecule has 1 heterocycles. The molecular weight excluding hydrogens is 380 g/mol. The van der Waals surface area contributed by atoms with E-state index in [9.17, 15) is 27.3 Å². The third-order valence-corrected chi connectivity index (χ3v) is 5.24. The molecular formula is C17H13F2N3O4S. The molecule has 7 nitrogen and oxygen atoms in total. The van der Waals surface area contributed by atoms with Crippen LogP contribution in [0.4, 0.5) is 20.2 Å². The summed E-state index contributed by atoms with van der Waals surface area (Å²) in [5.41, 5.74) is -1.12. The fourth-order valence-electron chi connectivity index (χ4n) is 2.55. The summed E-state index contributed by atoms with van der Waals surface area (Å²) in [4.78, 5) is 13.6. The van der Waals surface area contributed by atoms with Crippen LogP contribution in [0.15, 0.2) is 59.6 Å². The fourth-order valence-corrected chi connectivity index (χ4v) is 3.77. The summed E-state index contributed by atoms with van der Waals surface area (Å²) in [5.74, 6) is -3.35. The number of anilines is 1. The summed E-state index contributed by atoms with van der Waals surface area (Å²) in [5, 5.41) is 11.9. The number of nitrogens with one attached hydrogen (secondary N) is 1. The van der Waals surface area contributed by atoms with Crippen LogP contribution < -0.4 is 4.72 Å². The zero-order chi connectivity index (χ0) is 19.8. The Morgan fingerprint density at radius 2 is 1.85 bits per heavy atom. The topological polar surface area (TPSA) is 102 Å². The second-order valence-electron chi connectivity index (χ2n) is 5.81. The Kier molecular flexibility index (Phi) is 4.52. The molecule has 10 heteroatoms. The first-order valence-corrected chi connectivity index (χ1v) is 9.11. The largest absolute Gasteiger partial charge is 0.290 e. The van der Waals surface area contributed by atoms with E-state index in [0.717, 1.165) is 12.1 Å². The Hall–Kier alpha value is -3.14. The van der Waals surface area contributed by atoms with E-state index in [4.69, 9.17) is 0 Å². The molecule has 0 bridgehead atoms. The molecule has 3 rings (SSSR count). The van der Waals surface area contributed by atoms with E-state index in [2.05, 4.69) is 9.71 Å². The van der Waals surface area contributed by atoms with Gasteiger partial charge in [0.1, 0.15) is 0 Å². The summed E-state index contributed by atoms with van der Waals surface area (Å²) in [6.45, 7) is 0.570. The summed E-state index contributed by atoms with van der Waals surface area (Å²) < 4.78 is 54.6. The molecule has 140 valence electrons. The highest BCUT2D eigenvalue weighted by Crippen LogP contribution is 2.34. The van der Waals surface area contributed by atoms with Gasteiger partial charge in [0.15, 0.2) is 4.90 Å². The maximum Gasteiger partial charge on any atom is 0.290 e. The lowest BCUT2D eigenvalue weighted by molar-refractivity contribution is -0.388. The highest BCUT2D eigenvalue weighted by Gasteiger charge is 2.32. The molecule has 0 saturated heterocycles. The number of benzene rings is 2. The molecule has 1 N–H and O–H groups in total. The minimum absolute atomic E-state index is 0.118. The number of para-hydroxylation sites is 1. The first-order chi connectivity index (χ1) is 12.6. The minimum Gasteiger partial charge on any atom is -0.277 e. The van der Waals surface area contributed by atoms with E-state index in [-0.39, 0.29) is 5.69 Å². The number of rotatable bonds is 5. The molecule has 0 fully saturated rings. The quantitative estimate of drug-likeness (QED) is 0.520. The van der Waals surface area contributed by atoms with Crippen LogP contribution in [0.5, 0.6) is 0 Å². The third kappa shape index (κ3) is 3.70. The van der Waals surface area contributed by atoms with E-state index in [1.165, 1.54) is 12.3 Å². The van der Waals surface area contributed by atoms with Gasteiger partial charge in [0.25, 0.3) is 21.6 Å². The van der Waals surface area contributed by atoms with Gasteiger partial charge in [-0.1, -0.05) is 24.3 Å². The van der Waals surface area contributed by atoms with Gasteiger partial charge in [-0.2, -0.15) is 0 Å². The van der Waals surface area contributed by atoms with Gasteiger partial charge < -0.3 is 0 Å². The predicted molar refractivity (Wildman–Crippen MR) is 95.2 cm³/mol. The van der Waals surface area contributed by atoms with E-state index < -0.39 is 37.0 Å². The van der Waals surface area contributed by atoms with Gasteiger partial charge in [-0.05, 0) is 18.2 Å². The average Bonchev–Trinajstić information content (AvgIpc) is 2.60. The van der Waals surface area contributed by atoms with E-state index in [0.29, 0.717) is 23.9 Å². The lowest BCUT2D eigenvalue weighted by atomic mass is 10.1. The number of nitro benzene ring substituents is 1. The van der Waals surface area contributed by atoms with Crippen LogP contribution in [0.25, 0.3) is 10.9 Å². The fraction of sp³-hybridized carbons (Fsp3) is 0.118. The zero-order valence-corrected chi connectivity index (χ0v) is 14.7. The number of halogens is 2. The number of fused-ring (bicyclic) bond motifs is 1. The van der Waals surface area contributed by atoms with Crippen LogP contribution >= 0.6 is 0 Å². The maximum atomic E-state index is 13.5. The Morgan fingerprint density at radius 1 is 1.15 bits per heavy atom. The highest BCUT2D eigenvalue weighted by molar-refractivity contribution is 7.92. The summed E-state index contributed by atoms with van der Waals surface area (Å²) in [7, 11) is -4.42. The standard InChI is InChI=1S/C17H13F2N3O4S/c1-17(18,19)12-7-8-15(14(10-12)22(23)24)27(25,26)21-13-6-2-4-11-5-3-9-20-16(11)13/h2-10,21H,1H3. The van der Waals surface area contributed by atoms with Gasteiger partial charge in [0.2, 0.25) is 0 Å². The molecule has 3 aromatic rings. The number of aromatic nitrogens is 1. The van der Waals surface area contributed by atoms with Crippen molar-refractivity contribution < 1.29 is 22.1 Å². The predicted octanol–water partition coefficient (Wildman–Crippen LogP) is 4.06. The van der Waals surface area contributed by atoms with Crippen molar-refractivity contribution >= 4 is 32.3 Å². The molecule has 0 unspecified atom stereocenters. The number of nitrogens with zero attached hydrogens (tertiary/aromatic N) is 2. The van der Waals surface area contributed by atoms with Gasteiger partial charge >= 0.3 is 0 Å². The van der Waals surface area contributed by atoms with Crippen molar-refractivity contribution in [2.24, 2.45) is 0 Å². The maximum absolute atomic E-state index is 13.5. The Labute approximate surface area is 152 Å². The lowest BCUT2D eigenvalue weighted by Crippen LogP contribution is -2.16. The van der Waals surface area contributed by atoms with Crippen LogP contribution in [0.2, 0.25) is 0 Å². The van der Waals surface area contributed by atoms with Gasteiger partial charge in [-0.25, -0.2) is 17.2 Å². The van der Waals surface area contributed by atoms with Crippen molar-refractivity contribution in [2.45, 2.75) is 17.7 Å². The van der Waals surface area contributed by atoms with Crippen LogP contribution in [0.1, 0.15) is 12.5 Å². The molecule has 0 aliphatic carbocycles. The SMILES string of the molecule is CC(F)(F)c1ccc(S(=O)(=O)Nc2cccc3cccnc23)c([N+](=O)[O-])c1. The van der Waals surface area contributed by atoms with E-state index in [1.54, 1.807) is 24.3 Å². The molecule has 0 aliphatic heterocycles. The van der Waals surface area contributed by atoms with Crippen molar-refractivity contribution in [3.05, 3.63) is 70.4 Å². The van der Waals surface area contributed by atoms with Gasteiger partial charge in [0, 0.05) is 30.1 Å². The Balaban J connectivity index is 2.11. The number of alkyl halides is 2. The molecule has 0 atom stereocenters. The van der Waals surface area contributed by atoms with Crippen LogP contribution in [0.3, 0.4) is 0 Å². The normalized spacial score (nSPS) is 12.1. The first kappa shape index (κ1) is 18.6. The van der Waals surface area contributed by atoms with E-state index >= 15 is 0 Å². The Bertz CT molecular complexity index is 1140. The zero-order valence-electron chi connectivity index (χ0n) is 13.9. The summed E-state index contributed by atoms with van der Waals surface area (Å²) in [6.07, 6.45) is 1.47. The molecule has 0 amide bonds. The first-order valence-electron chi connectivity index (χ1n) is 7.63. The van der Waals surface area contributed by atoms with Crippen molar-refractivity contribution in [1.82, 2.24) is 4.98 Å². The molecule has 27 heavy (non-hydrogen) atoms. The smallest absolute Gasteiger partial charge is 0.277 e. The molecule has 2 aromatic carbocycles. The number of hydrogen-bond donors (Lipinski definition) is 1. The second-order valence-corrected chi connectivity index (χ2v) is 7.47. The highest BCUT2D eigenvalue weighted by atomic mass is 32.2. The summed E-state index contributed by atoms with van der Waals surface area (Å²) in [6, 6.07) is 10.4. The Morgan fingerprint density at radius 3 is 2.52 bits per heavy atom.